The Morgan fingerprint density at radius 1 is 1.03 bits per heavy atom. The van der Waals surface area contributed by atoms with Crippen LogP contribution in [0.2, 0.25) is 5.02 Å². The summed E-state index contributed by atoms with van der Waals surface area (Å²) in [5.74, 6) is 1.32. The van der Waals surface area contributed by atoms with Crippen molar-refractivity contribution >= 4 is 17.5 Å². The Bertz CT molecular complexity index is 1100. The van der Waals surface area contributed by atoms with E-state index in [0.29, 0.717) is 17.5 Å². The van der Waals surface area contributed by atoms with E-state index < -0.39 is 0 Å². The number of benzene rings is 3. The molecule has 3 aromatic rings. The Balaban J connectivity index is 1.42. The molecule has 1 saturated carbocycles. The van der Waals surface area contributed by atoms with E-state index in [-0.39, 0.29) is 11.4 Å². The Labute approximate surface area is 188 Å². The van der Waals surface area contributed by atoms with Gasteiger partial charge in [0, 0.05) is 23.0 Å². The first-order valence-electron chi connectivity index (χ1n) is 10.9. The van der Waals surface area contributed by atoms with E-state index in [0.717, 1.165) is 48.1 Å². The number of methoxy groups -OCH3 is 1. The maximum absolute atomic E-state index is 13.6. The molecule has 0 spiro atoms. The second-order valence-corrected chi connectivity index (χ2v) is 9.11. The van der Waals surface area contributed by atoms with Crippen molar-refractivity contribution in [3.63, 3.8) is 0 Å². The lowest BCUT2D eigenvalue weighted by molar-refractivity contribution is 0.0581. The maximum atomic E-state index is 13.6. The highest BCUT2D eigenvalue weighted by molar-refractivity contribution is 6.30. The topological polar surface area (TPSA) is 29.5 Å². The number of hydrogen-bond acceptors (Lipinski definition) is 2. The number of carbonyl (C=O) groups is 1. The normalized spacial score (nSPS) is 21.4. The van der Waals surface area contributed by atoms with Crippen LogP contribution < -0.4 is 4.74 Å². The zero-order valence-corrected chi connectivity index (χ0v) is 18.4. The van der Waals surface area contributed by atoms with Gasteiger partial charge in [-0.15, -0.1) is 0 Å². The summed E-state index contributed by atoms with van der Waals surface area (Å²) >= 11 is 6.30. The quantitative estimate of drug-likeness (QED) is 0.442. The minimum Gasteiger partial charge on any atom is -0.497 e. The number of hydrogen-bond donors (Lipinski definition) is 0. The summed E-state index contributed by atoms with van der Waals surface area (Å²) in [6.07, 6.45) is 4.10. The van der Waals surface area contributed by atoms with Gasteiger partial charge in [0.25, 0.3) is 5.91 Å². The Hall–Kier alpha value is -2.78. The van der Waals surface area contributed by atoms with Crippen molar-refractivity contribution in [2.45, 2.75) is 43.7 Å². The van der Waals surface area contributed by atoms with Crippen molar-refractivity contribution in [2.75, 3.05) is 7.11 Å². The van der Waals surface area contributed by atoms with E-state index in [2.05, 4.69) is 47.4 Å². The zero-order chi connectivity index (χ0) is 21.4. The molecule has 4 heteroatoms. The highest BCUT2D eigenvalue weighted by Gasteiger charge is 2.63. The van der Waals surface area contributed by atoms with Gasteiger partial charge < -0.3 is 9.64 Å². The van der Waals surface area contributed by atoms with Gasteiger partial charge in [-0.25, -0.2) is 0 Å². The van der Waals surface area contributed by atoms with Crippen molar-refractivity contribution in [1.82, 2.24) is 4.90 Å². The van der Waals surface area contributed by atoms with Gasteiger partial charge in [-0.05, 0) is 72.7 Å². The van der Waals surface area contributed by atoms with Crippen molar-refractivity contribution in [2.24, 2.45) is 0 Å². The fourth-order valence-corrected chi connectivity index (χ4v) is 5.33. The van der Waals surface area contributed by atoms with Crippen LogP contribution in [-0.2, 0) is 13.0 Å². The van der Waals surface area contributed by atoms with Gasteiger partial charge in [-0.1, -0.05) is 54.1 Å². The SMILES string of the molecule is COc1ccc(CN2C(=O)c3ccc(Cl)cc3[C@H]3C[C@]32CCCc2ccccc2)cc1. The summed E-state index contributed by atoms with van der Waals surface area (Å²) in [6, 6.07) is 24.3. The molecule has 3 nitrogen and oxygen atoms in total. The average molecular weight is 432 g/mol. The zero-order valence-electron chi connectivity index (χ0n) is 17.7. The van der Waals surface area contributed by atoms with Crippen molar-refractivity contribution < 1.29 is 9.53 Å². The molecular weight excluding hydrogens is 406 g/mol. The molecule has 1 aliphatic carbocycles. The molecule has 0 bridgehead atoms. The van der Waals surface area contributed by atoms with Gasteiger partial charge in [0.05, 0.1) is 12.6 Å². The number of amides is 1. The highest BCUT2D eigenvalue weighted by atomic mass is 35.5. The second kappa shape index (κ2) is 8.05. The fourth-order valence-electron chi connectivity index (χ4n) is 5.15. The van der Waals surface area contributed by atoms with Crippen molar-refractivity contribution in [3.8, 4) is 5.75 Å². The molecular formula is C27H26ClNO2. The average Bonchev–Trinajstić information content (AvgIpc) is 3.53. The summed E-state index contributed by atoms with van der Waals surface area (Å²) in [5, 5.41) is 0.709. The molecule has 0 unspecified atom stereocenters. The number of rotatable bonds is 7. The summed E-state index contributed by atoms with van der Waals surface area (Å²) < 4.78 is 5.29. The molecule has 0 radical (unpaired) electrons. The van der Waals surface area contributed by atoms with Crippen LogP contribution in [0.15, 0.2) is 72.8 Å². The Morgan fingerprint density at radius 2 is 1.81 bits per heavy atom. The molecule has 0 N–H and O–H groups in total. The van der Waals surface area contributed by atoms with Gasteiger partial charge >= 0.3 is 0 Å². The van der Waals surface area contributed by atoms with E-state index in [1.165, 1.54) is 5.56 Å². The molecule has 5 rings (SSSR count). The van der Waals surface area contributed by atoms with E-state index in [9.17, 15) is 4.79 Å². The minimum atomic E-state index is -0.108. The first kappa shape index (κ1) is 20.1. The van der Waals surface area contributed by atoms with Crippen LogP contribution in [0, 0.1) is 0 Å². The number of fused-ring (bicyclic) bond motifs is 3. The van der Waals surface area contributed by atoms with Gasteiger partial charge in [0.1, 0.15) is 5.75 Å². The molecule has 3 aromatic carbocycles. The van der Waals surface area contributed by atoms with E-state index in [4.69, 9.17) is 16.3 Å². The van der Waals surface area contributed by atoms with Gasteiger partial charge in [-0.3, -0.25) is 4.79 Å². The standard InChI is InChI=1S/C27H26ClNO2/c1-31-22-12-9-20(10-13-22)18-29-26(30)23-14-11-21(28)16-24(23)25-17-27(25,29)15-5-8-19-6-3-2-4-7-19/h2-4,6-7,9-14,16,25H,5,8,15,17-18H2,1H3/t25-,27-/m1/s1. The lowest BCUT2D eigenvalue weighted by Gasteiger charge is -2.38. The highest BCUT2D eigenvalue weighted by Crippen LogP contribution is 2.62. The van der Waals surface area contributed by atoms with E-state index >= 15 is 0 Å². The third kappa shape index (κ3) is 3.72. The van der Waals surface area contributed by atoms with Gasteiger partial charge in [0.15, 0.2) is 0 Å². The molecule has 1 fully saturated rings. The molecule has 158 valence electrons. The maximum Gasteiger partial charge on any atom is 0.254 e. The largest absolute Gasteiger partial charge is 0.497 e. The molecule has 1 aliphatic heterocycles. The summed E-state index contributed by atoms with van der Waals surface area (Å²) in [6.45, 7) is 0.618. The first-order valence-corrected chi connectivity index (χ1v) is 11.3. The number of aryl methyl sites for hydroxylation is 1. The fraction of sp³-hybridized carbons (Fsp3) is 0.296. The second-order valence-electron chi connectivity index (χ2n) is 8.67. The van der Waals surface area contributed by atoms with Gasteiger partial charge in [-0.2, -0.15) is 0 Å². The van der Waals surface area contributed by atoms with E-state index in [1.54, 1.807) is 7.11 Å². The van der Waals surface area contributed by atoms with Crippen molar-refractivity contribution in [1.29, 1.82) is 0 Å². The predicted molar refractivity (Wildman–Crippen MR) is 124 cm³/mol. The summed E-state index contributed by atoms with van der Waals surface area (Å²) in [4.78, 5) is 15.7. The predicted octanol–water partition coefficient (Wildman–Crippen LogP) is 6.25. The number of carbonyl (C=O) groups excluding carboxylic acids is 1. The molecule has 2 aliphatic rings. The van der Waals surface area contributed by atoms with Crippen LogP contribution in [0.4, 0.5) is 0 Å². The van der Waals surface area contributed by atoms with Crippen LogP contribution in [0.5, 0.6) is 5.75 Å². The molecule has 0 aromatic heterocycles. The lowest BCUT2D eigenvalue weighted by Crippen LogP contribution is -2.46. The van der Waals surface area contributed by atoms with Crippen molar-refractivity contribution in [3.05, 3.63) is 100 Å². The smallest absolute Gasteiger partial charge is 0.254 e. The van der Waals surface area contributed by atoms with Gasteiger partial charge in [0.2, 0.25) is 0 Å². The summed E-state index contributed by atoms with van der Waals surface area (Å²) in [7, 11) is 1.67. The summed E-state index contributed by atoms with van der Waals surface area (Å²) in [5.41, 5.74) is 4.30. The Kier molecular flexibility index (Phi) is 5.23. The third-order valence-electron chi connectivity index (χ3n) is 6.87. The lowest BCUT2D eigenvalue weighted by atomic mass is 9.89. The molecule has 2 atom stereocenters. The Morgan fingerprint density at radius 3 is 2.55 bits per heavy atom. The monoisotopic (exact) mass is 431 g/mol. The minimum absolute atomic E-state index is 0.108. The van der Waals surface area contributed by atoms with Crippen LogP contribution in [0.3, 0.4) is 0 Å². The van der Waals surface area contributed by atoms with Crippen LogP contribution in [0.25, 0.3) is 0 Å². The van der Waals surface area contributed by atoms with Crippen LogP contribution in [-0.4, -0.2) is 23.5 Å². The number of ether oxygens (including phenoxy) is 1. The third-order valence-corrected chi connectivity index (χ3v) is 7.10. The van der Waals surface area contributed by atoms with Crippen LogP contribution >= 0.6 is 11.6 Å². The molecule has 1 heterocycles. The number of halogens is 1. The molecule has 31 heavy (non-hydrogen) atoms. The molecule has 1 amide bonds. The molecule has 0 saturated heterocycles. The first-order chi connectivity index (χ1) is 15.1. The van der Waals surface area contributed by atoms with Crippen LogP contribution in [0.1, 0.15) is 52.2 Å². The van der Waals surface area contributed by atoms with E-state index in [1.807, 2.05) is 30.3 Å². The number of nitrogens with zero attached hydrogens (tertiary/aromatic N) is 1.